The van der Waals surface area contributed by atoms with Crippen molar-refractivity contribution in [2.45, 2.75) is 25.8 Å². The number of carbonyl (C=O) groups excluding carboxylic acids is 1. The second-order valence-corrected chi connectivity index (χ2v) is 8.93. The molecule has 1 amide bonds. The van der Waals surface area contributed by atoms with Crippen LogP contribution in [0.2, 0.25) is 0 Å². The molecule has 1 unspecified atom stereocenters. The minimum Gasteiger partial charge on any atom is -0.508 e. The molecule has 0 fully saturated rings. The number of phenolic OH excluding ortho intramolecular Hbond substituents is 1. The van der Waals surface area contributed by atoms with Gasteiger partial charge in [0.15, 0.2) is 0 Å². The highest BCUT2D eigenvalue weighted by atomic mass is 19.1. The highest BCUT2D eigenvalue weighted by molar-refractivity contribution is 5.90. The third-order valence-corrected chi connectivity index (χ3v) is 6.37. The van der Waals surface area contributed by atoms with Crippen LogP contribution < -0.4 is 5.32 Å². The van der Waals surface area contributed by atoms with Gasteiger partial charge in [-0.25, -0.2) is 4.39 Å². The minimum absolute atomic E-state index is 0.121. The number of nitrogens with zero attached hydrogens (tertiary/aromatic N) is 1. The molecule has 3 aromatic carbocycles. The van der Waals surface area contributed by atoms with Gasteiger partial charge < -0.3 is 15.4 Å². The predicted molar refractivity (Wildman–Crippen MR) is 139 cm³/mol. The maximum Gasteiger partial charge on any atom is 0.225 e. The van der Waals surface area contributed by atoms with Gasteiger partial charge in [0.1, 0.15) is 11.6 Å². The molecule has 2 aromatic heterocycles. The van der Waals surface area contributed by atoms with Crippen molar-refractivity contribution < 1.29 is 14.3 Å². The molecule has 1 atom stereocenters. The fourth-order valence-electron chi connectivity index (χ4n) is 4.64. The maximum absolute atomic E-state index is 14.0. The summed E-state index contributed by atoms with van der Waals surface area (Å²) >= 11 is 0. The summed E-state index contributed by atoms with van der Waals surface area (Å²) in [6.07, 6.45) is 4.00. The monoisotopic (exact) mass is 479 g/mol. The highest BCUT2D eigenvalue weighted by Gasteiger charge is 2.22. The van der Waals surface area contributed by atoms with Crippen molar-refractivity contribution in [1.82, 2.24) is 15.3 Å². The molecular weight excluding hydrogens is 453 g/mol. The van der Waals surface area contributed by atoms with E-state index in [9.17, 15) is 14.3 Å². The number of carbonyl (C=O) groups is 1. The number of rotatable bonds is 7. The summed E-state index contributed by atoms with van der Waals surface area (Å²) in [7, 11) is 0. The number of amides is 1. The summed E-state index contributed by atoms with van der Waals surface area (Å²) in [4.78, 5) is 21.1. The zero-order valence-electron chi connectivity index (χ0n) is 19.8. The Labute approximate surface area is 208 Å². The number of aromatic amines is 1. The van der Waals surface area contributed by atoms with E-state index >= 15 is 0 Å². The number of phenols is 1. The number of hydrogen-bond acceptors (Lipinski definition) is 3. The number of nitrogens with one attached hydrogen (secondary N) is 2. The lowest BCUT2D eigenvalue weighted by Crippen LogP contribution is -2.32. The Kier molecular flexibility index (Phi) is 6.50. The summed E-state index contributed by atoms with van der Waals surface area (Å²) in [5.74, 6) is -0.373. The van der Waals surface area contributed by atoms with Crippen LogP contribution in [-0.4, -0.2) is 21.0 Å². The number of aryl methyl sites for hydroxylation is 1. The molecule has 36 heavy (non-hydrogen) atoms. The number of aromatic hydroxyl groups is 1. The molecule has 0 spiro atoms. The zero-order valence-corrected chi connectivity index (χ0v) is 19.8. The number of fused-ring (bicyclic) bond motifs is 1. The summed E-state index contributed by atoms with van der Waals surface area (Å²) in [5.41, 5.74) is 6.17. The second-order valence-electron chi connectivity index (χ2n) is 8.93. The molecule has 5 nitrogen and oxygen atoms in total. The van der Waals surface area contributed by atoms with Crippen LogP contribution in [0.15, 0.2) is 91.3 Å². The normalized spacial score (nSPS) is 11.9. The van der Waals surface area contributed by atoms with E-state index < -0.39 is 6.04 Å². The first kappa shape index (κ1) is 23.3. The standard InChI is InChI=1S/C30H26FN3O2/c1-19-6-2-3-9-24(19)25-10-5-13-32-30(25)28(15-20-7-4-8-22(31)14-20)34-29(36)16-21-18-33-27-12-11-23(35)17-26(21)27/h2-14,17-18,28,33,35H,15-16H2,1H3,(H,34,36). The largest absolute Gasteiger partial charge is 0.508 e. The number of hydrogen-bond donors (Lipinski definition) is 3. The molecule has 0 radical (unpaired) electrons. The first-order valence-corrected chi connectivity index (χ1v) is 11.8. The zero-order chi connectivity index (χ0) is 25.1. The summed E-state index contributed by atoms with van der Waals surface area (Å²) < 4.78 is 14.0. The van der Waals surface area contributed by atoms with E-state index in [1.54, 1.807) is 36.7 Å². The van der Waals surface area contributed by atoms with E-state index in [0.717, 1.165) is 44.4 Å². The quantitative estimate of drug-likeness (QED) is 0.267. The average molecular weight is 480 g/mol. The smallest absolute Gasteiger partial charge is 0.225 e. The third kappa shape index (κ3) is 4.98. The van der Waals surface area contributed by atoms with Crippen LogP contribution in [0.25, 0.3) is 22.0 Å². The molecule has 3 N–H and O–H groups in total. The Morgan fingerprint density at radius 3 is 2.69 bits per heavy atom. The molecule has 0 saturated carbocycles. The lowest BCUT2D eigenvalue weighted by molar-refractivity contribution is -0.121. The van der Waals surface area contributed by atoms with Crippen molar-refractivity contribution >= 4 is 16.8 Å². The third-order valence-electron chi connectivity index (χ3n) is 6.37. The maximum atomic E-state index is 14.0. The van der Waals surface area contributed by atoms with Crippen LogP contribution in [0.5, 0.6) is 5.75 Å². The number of pyridine rings is 1. The van der Waals surface area contributed by atoms with E-state index in [-0.39, 0.29) is 23.9 Å². The number of aromatic nitrogens is 2. The van der Waals surface area contributed by atoms with Crippen molar-refractivity contribution in [2.24, 2.45) is 0 Å². The van der Waals surface area contributed by atoms with Crippen LogP contribution in [-0.2, 0) is 17.6 Å². The molecule has 0 bridgehead atoms. The van der Waals surface area contributed by atoms with Crippen LogP contribution in [0.1, 0.15) is 28.4 Å². The van der Waals surface area contributed by atoms with Gasteiger partial charge in [-0.1, -0.05) is 42.5 Å². The lowest BCUT2D eigenvalue weighted by atomic mass is 9.93. The topological polar surface area (TPSA) is 78.0 Å². The van der Waals surface area contributed by atoms with Gasteiger partial charge in [0.2, 0.25) is 5.91 Å². The predicted octanol–water partition coefficient (Wildman–Crippen LogP) is 6.03. The minimum atomic E-state index is -0.478. The number of H-pyrrole nitrogens is 1. The van der Waals surface area contributed by atoms with Crippen LogP contribution in [0.4, 0.5) is 4.39 Å². The second kappa shape index (κ2) is 10.0. The van der Waals surface area contributed by atoms with Gasteiger partial charge in [-0.2, -0.15) is 0 Å². The first-order chi connectivity index (χ1) is 17.5. The molecule has 6 heteroatoms. The molecular formula is C30H26FN3O2. The molecule has 2 heterocycles. The lowest BCUT2D eigenvalue weighted by Gasteiger charge is -2.22. The fourth-order valence-corrected chi connectivity index (χ4v) is 4.64. The highest BCUT2D eigenvalue weighted by Crippen LogP contribution is 2.31. The Bertz CT molecular complexity index is 1540. The Morgan fingerprint density at radius 1 is 1.03 bits per heavy atom. The van der Waals surface area contributed by atoms with E-state index in [1.807, 2.05) is 49.4 Å². The van der Waals surface area contributed by atoms with E-state index in [4.69, 9.17) is 0 Å². The molecule has 0 aliphatic heterocycles. The fraction of sp³-hybridized carbons (Fsp3) is 0.133. The van der Waals surface area contributed by atoms with Crippen molar-refractivity contribution in [3.8, 4) is 16.9 Å². The van der Waals surface area contributed by atoms with Gasteiger partial charge in [0.25, 0.3) is 0 Å². The number of benzene rings is 3. The Morgan fingerprint density at radius 2 is 1.86 bits per heavy atom. The molecule has 5 rings (SSSR count). The first-order valence-electron chi connectivity index (χ1n) is 11.8. The van der Waals surface area contributed by atoms with Crippen LogP contribution in [0.3, 0.4) is 0 Å². The van der Waals surface area contributed by atoms with Crippen molar-refractivity contribution in [3.63, 3.8) is 0 Å². The molecule has 0 saturated heterocycles. The van der Waals surface area contributed by atoms with E-state index in [1.165, 1.54) is 12.1 Å². The average Bonchev–Trinajstić information content (AvgIpc) is 3.25. The van der Waals surface area contributed by atoms with E-state index in [0.29, 0.717) is 6.42 Å². The molecule has 5 aromatic rings. The van der Waals surface area contributed by atoms with Crippen LogP contribution >= 0.6 is 0 Å². The molecule has 0 aliphatic rings. The Hall–Kier alpha value is -4.45. The van der Waals surface area contributed by atoms with Crippen molar-refractivity contribution in [2.75, 3.05) is 0 Å². The van der Waals surface area contributed by atoms with Gasteiger partial charge in [0.05, 0.1) is 18.2 Å². The summed E-state index contributed by atoms with van der Waals surface area (Å²) in [6, 6.07) is 22.9. The van der Waals surface area contributed by atoms with Gasteiger partial charge >= 0.3 is 0 Å². The van der Waals surface area contributed by atoms with Gasteiger partial charge in [-0.05, 0) is 72.0 Å². The Balaban J connectivity index is 1.49. The van der Waals surface area contributed by atoms with Gasteiger partial charge in [-0.15, -0.1) is 0 Å². The molecule has 0 aliphatic carbocycles. The van der Waals surface area contributed by atoms with Crippen molar-refractivity contribution in [1.29, 1.82) is 0 Å². The SMILES string of the molecule is Cc1ccccc1-c1cccnc1C(Cc1cccc(F)c1)NC(=O)Cc1c[nH]c2ccc(O)cc12. The molecule has 180 valence electrons. The van der Waals surface area contributed by atoms with Crippen molar-refractivity contribution in [3.05, 3.63) is 119 Å². The van der Waals surface area contributed by atoms with Gasteiger partial charge in [0, 0.05) is 28.9 Å². The summed E-state index contributed by atoms with van der Waals surface area (Å²) in [5, 5.41) is 13.8. The van der Waals surface area contributed by atoms with Crippen LogP contribution in [0, 0.1) is 12.7 Å². The van der Waals surface area contributed by atoms with E-state index in [2.05, 4.69) is 15.3 Å². The summed E-state index contributed by atoms with van der Waals surface area (Å²) in [6.45, 7) is 2.04. The van der Waals surface area contributed by atoms with Gasteiger partial charge in [-0.3, -0.25) is 9.78 Å². The number of halogens is 1.